The molecule has 0 bridgehead atoms. The van der Waals surface area contributed by atoms with Gasteiger partial charge in [0.2, 0.25) is 0 Å². The van der Waals surface area contributed by atoms with Gasteiger partial charge < -0.3 is 3.53 Å². The van der Waals surface area contributed by atoms with Gasteiger partial charge in [0.05, 0.1) is 22.9 Å². The second kappa shape index (κ2) is 11.4. The number of anilines is 1. The van der Waals surface area contributed by atoms with Crippen molar-refractivity contribution in [1.82, 2.24) is 0 Å². The molecule has 0 saturated heterocycles. The summed E-state index contributed by atoms with van der Waals surface area (Å²) in [5, 5.41) is 0. The average Bonchev–Trinajstić information content (AvgIpc) is 2.50. The number of rotatable bonds is 11. The molecule has 1 aromatic carbocycles. The van der Waals surface area contributed by atoms with E-state index in [-0.39, 0.29) is 0 Å². The summed E-state index contributed by atoms with van der Waals surface area (Å²) in [5.74, 6) is 0.765. The summed E-state index contributed by atoms with van der Waals surface area (Å²) >= 11 is 2.19. The summed E-state index contributed by atoms with van der Waals surface area (Å²) in [5.41, 5.74) is 2.74. The van der Waals surface area contributed by atoms with Crippen molar-refractivity contribution in [1.29, 1.82) is 0 Å². The maximum atomic E-state index is 3.18. The number of hydrogen-bond donors (Lipinski definition) is 1. The standard InChI is InChI=1S/C18H30IN/c1-3-5-7-9-11-16(10-8-6-4-2)17-12-14-18(20-19)15-13-17/h12-16,20H,3-11H2,1-2H3. The normalized spacial score (nSPS) is 12.3. The summed E-state index contributed by atoms with van der Waals surface area (Å²) in [4.78, 5) is 0. The average molecular weight is 387 g/mol. The maximum absolute atomic E-state index is 3.18. The minimum Gasteiger partial charge on any atom is -0.328 e. The van der Waals surface area contributed by atoms with Crippen LogP contribution in [0.2, 0.25) is 0 Å². The second-order valence-electron chi connectivity index (χ2n) is 5.76. The first-order valence-corrected chi connectivity index (χ1v) is 9.36. The van der Waals surface area contributed by atoms with E-state index >= 15 is 0 Å². The molecule has 1 nitrogen and oxygen atoms in total. The summed E-state index contributed by atoms with van der Waals surface area (Å²) in [7, 11) is 0. The highest BCUT2D eigenvalue weighted by Gasteiger charge is 2.11. The van der Waals surface area contributed by atoms with Crippen molar-refractivity contribution in [3.8, 4) is 0 Å². The number of hydrogen-bond acceptors (Lipinski definition) is 1. The third-order valence-corrected chi connectivity index (χ3v) is 4.68. The van der Waals surface area contributed by atoms with Crippen LogP contribution in [0.5, 0.6) is 0 Å². The Balaban J connectivity index is 2.54. The highest BCUT2D eigenvalue weighted by Crippen LogP contribution is 2.29. The molecule has 0 aliphatic rings. The van der Waals surface area contributed by atoms with Crippen molar-refractivity contribution in [3.63, 3.8) is 0 Å². The monoisotopic (exact) mass is 387 g/mol. The van der Waals surface area contributed by atoms with Gasteiger partial charge >= 0.3 is 0 Å². The van der Waals surface area contributed by atoms with E-state index in [4.69, 9.17) is 0 Å². The van der Waals surface area contributed by atoms with Gasteiger partial charge in [-0.3, -0.25) is 0 Å². The van der Waals surface area contributed by atoms with E-state index in [0.717, 1.165) is 5.92 Å². The van der Waals surface area contributed by atoms with E-state index < -0.39 is 0 Å². The molecule has 0 radical (unpaired) electrons. The zero-order valence-electron chi connectivity index (χ0n) is 13.1. The molecule has 0 aliphatic carbocycles. The van der Waals surface area contributed by atoms with Gasteiger partial charge in [-0.25, -0.2) is 0 Å². The zero-order chi connectivity index (χ0) is 14.6. The van der Waals surface area contributed by atoms with Gasteiger partial charge in [-0.2, -0.15) is 0 Å². The quantitative estimate of drug-likeness (QED) is 0.243. The fraction of sp³-hybridized carbons (Fsp3) is 0.667. The molecule has 0 aliphatic heterocycles. The molecule has 20 heavy (non-hydrogen) atoms. The Morgan fingerprint density at radius 3 is 1.95 bits per heavy atom. The summed E-state index contributed by atoms with van der Waals surface area (Å²) in [6.45, 7) is 4.58. The van der Waals surface area contributed by atoms with Crippen LogP contribution in [0.3, 0.4) is 0 Å². The van der Waals surface area contributed by atoms with E-state index in [9.17, 15) is 0 Å². The number of benzene rings is 1. The van der Waals surface area contributed by atoms with Gasteiger partial charge in [-0.05, 0) is 36.5 Å². The first kappa shape index (κ1) is 17.8. The Morgan fingerprint density at radius 1 is 0.850 bits per heavy atom. The van der Waals surface area contributed by atoms with Gasteiger partial charge in [-0.1, -0.05) is 70.9 Å². The Labute approximate surface area is 139 Å². The van der Waals surface area contributed by atoms with E-state index in [2.05, 4.69) is 64.5 Å². The molecular formula is C18H30IN. The van der Waals surface area contributed by atoms with Crippen LogP contribution in [-0.2, 0) is 0 Å². The molecule has 2 heteroatoms. The summed E-state index contributed by atoms with van der Waals surface area (Å²) < 4.78 is 3.18. The largest absolute Gasteiger partial charge is 0.328 e. The minimum atomic E-state index is 0.765. The topological polar surface area (TPSA) is 12.0 Å². The molecule has 0 aromatic heterocycles. The lowest BCUT2D eigenvalue weighted by atomic mass is 9.88. The number of halogens is 1. The molecule has 1 aromatic rings. The molecule has 1 unspecified atom stereocenters. The zero-order valence-corrected chi connectivity index (χ0v) is 15.3. The molecule has 0 fully saturated rings. The van der Waals surface area contributed by atoms with Gasteiger partial charge in [-0.15, -0.1) is 0 Å². The third kappa shape index (κ3) is 6.96. The highest BCUT2D eigenvalue weighted by atomic mass is 127. The van der Waals surface area contributed by atoms with Crippen LogP contribution in [0.1, 0.15) is 83.1 Å². The van der Waals surface area contributed by atoms with Gasteiger partial charge in [0, 0.05) is 5.69 Å². The molecule has 1 atom stereocenters. The third-order valence-electron chi connectivity index (χ3n) is 4.05. The van der Waals surface area contributed by atoms with Crippen LogP contribution in [0.4, 0.5) is 5.69 Å². The lowest BCUT2D eigenvalue weighted by molar-refractivity contribution is 0.501. The Kier molecular flexibility index (Phi) is 10.2. The number of nitrogens with one attached hydrogen (secondary N) is 1. The van der Waals surface area contributed by atoms with Gasteiger partial charge in [0.15, 0.2) is 0 Å². The Morgan fingerprint density at radius 2 is 1.40 bits per heavy atom. The van der Waals surface area contributed by atoms with Crippen LogP contribution in [0.15, 0.2) is 24.3 Å². The van der Waals surface area contributed by atoms with Crippen LogP contribution < -0.4 is 3.53 Å². The molecule has 0 saturated carbocycles. The molecule has 0 amide bonds. The lowest BCUT2D eigenvalue weighted by Crippen LogP contribution is -2.00. The molecule has 0 heterocycles. The van der Waals surface area contributed by atoms with E-state index in [1.807, 2.05) is 0 Å². The van der Waals surface area contributed by atoms with Crippen molar-refractivity contribution in [2.45, 2.75) is 77.6 Å². The van der Waals surface area contributed by atoms with E-state index in [0.29, 0.717) is 0 Å². The first-order chi connectivity index (χ1) is 9.81. The van der Waals surface area contributed by atoms with Crippen molar-refractivity contribution in [3.05, 3.63) is 29.8 Å². The van der Waals surface area contributed by atoms with Crippen LogP contribution in [0.25, 0.3) is 0 Å². The van der Waals surface area contributed by atoms with Crippen molar-refractivity contribution in [2.75, 3.05) is 3.53 Å². The Hall–Kier alpha value is -0.250. The predicted octanol–water partition coefficient (Wildman–Crippen LogP) is 7.08. The molecule has 114 valence electrons. The molecular weight excluding hydrogens is 357 g/mol. The van der Waals surface area contributed by atoms with Crippen LogP contribution >= 0.6 is 22.9 Å². The lowest BCUT2D eigenvalue weighted by Gasteiger charge is -2.18. The number of unbranched alkanes of at least 4 members (excludes halogenated alkanes) is 5. The second-order valence-corrected chi connectivity index (χ2v) is 6.30. The van der Waals surface area contributed by atoms with Crippen LogP contribution in [-0.4, -0.2) is 0 Å². The predicted molar refractivity (Wildman–Crippen MR) is 99.7 cm³/mol. The smallest absolute Gasteiger partial charge is 0.0560 e. The summed E-state index contributed by atoms with van der Waals surface area (Å²) in [6.07, 6.45) is 12.3. The van der Waals surface area contributed by atoms with Gasteiger partial charge in [0.25, 0.3) is 0 Å². The van der Waals surface area contributed by atoms with Crippen molar-refractivity contribution >= 4 is 28.6 Å². The fourth-order valence-corrected chi connectivity index (χ4v) is 3.11. The van der Waals surface area contributed by atoms with Crippen molar-refractivity contribution < 1.29 is 0 Å². The summed E-state index contributed by atoms with van der Waals surface area (Å²) in [6, 6.07) is 9.05. The Bertz CT molecular complexity index is 334. The molecule has 1 N–H and O–H groups in total. The molecule has 0 spiro atoms. The van der Waals surface area contributed by atoms with Gasteiger partial charge in [0.1, 0.15) is 0 Å². The van der Waals surface area contributed by atoms with Crippen molar-refractivity contribution in [2.24, 2.45) is 0 Å². The minimum absolute atomic E-state index is 0.765. The van der Waals surface area contributed by atoms with Crippen LogP contribution in [0, 0.1) is 0 Å². The SMILES string of the molecule is CCCCCCC(CCCCC)c1ccc(NI)cc1. The fourth-order valence-electron chi connectivity index (χ4n) is 2.75. The maximum Gasteiger partial charge on any atom is 0.0560 e. The highest BCUT2D eigenvalue weighted by molar-refractivity contribution is 14.1. The van der Waals surface area contributed by atoms with E-state index in [1.165, 1.54) is 69.0 Å². The molecule has 1 rings (SSSR count). The first-order valence-electron chi connectivity index (χ1n) is 8.28. The van der Waals surface area contributed by atoms with E-state index in [1.54, 1.807) is 0 Å².